The van der Waals surface area contributed by atoms with Gasteiger partial charge >= 0.3 is 5.97 Å². The van der Waals surface area contributed by atoms with Gasteiger partial charge in [0.15, 0.2) is 0 Å². The first-order valence-electron chi connectivity index (χ1n) is 4.50. The molecule has 3 heteroatoms. The molecule has 0 N–H and O–H groups in total. The Morgan fingerprint density at radius 1 is 1.50 bits per heavy atom. The largest absolute Gasteiger partial charge is 0.426 e. The summed E-state index contributed by atoms with van der Waals surface area (Å²) in [6, 6.07) is 5.09. The lowest BCUT2D eigenvalue weighted by molar-refractivity contribution is -0.139. The number of rotatable bonds is 1. The lowest BCUT2D eigenvalue weighted by Crippen LogP contribution is -2.25. The third-order valence-corrected chi connectivity index (χ3v) is 2.36. The monoisotopic (exact) mass is 190 g/mol. The molecule has 1 aliphatic rings. The molecule has 0 aliphatic carbocycles. The Balaban J connectivity index is 2.42. The minimum atomic E-state index is -0.198. The Bertz CT molecular complexity index is 396. The fourth-order valence-electron chi connectivity index (χ4n) is 1.55. The highest BCUT2D eigenvalue weighted by atomic mass is 16.5. The molecule has 14 heavy (non-hydrogen) atoms. The van der Waals surface area contributed by atoms with Crippen molar-refractivity contribution in [3.8, 4) is 5.75 Å². The normalized spacial score (nSPS) is 19.8. The number of benzene rings is 1. The van der Waals surface area contributed by atoms with E-state index < -0.39 is 0 Å². The average Bonchev–Trinajstić information content (AvgIpc) is 2.19. The van der Waals surface area contributed by atoms with Gasteiger partial charge in [0.25, 0.3) is 0 Å². The van der Waals surface area contributed by atoms with Crippen molar-refractivity contribution >= 4 is 12.3 Å². The van der Waals surface area contributed by atoms with Crippen LogP contribution in [0.25, 0.3) is 0 Å². The van der Waals surface area contributed by atoms with Crippen LogP contribution < -0.4 is 4.74 Å². The van der Waals surface area contributed by atoms with Crippen molar-refractivity contribution < 1.29 is 14.3 Å². The highest BCUT2D eigenvalue weighted by Crippen LogP contribution is 2.28. The highest BCUT2D eigenvalue weighted by molar-refractivity contribution is 5.80. The molecule has 0 radical (unpaired) electrons. The van der Waals surface area contributed by atoms with Crippen LogP contribution in [-0.4, -0.2) is 12.3 Å². The maximum atomic E-state index is 11.2. The summed E-state index contributed by atoms with van der Waals surface area (Å²) in [4.78, 5) is 21.7. The van der Waals surface area contributed by atoms with Gasteiger partial charge in [-0.05, 0) is 30.2 Å². The molecule has 0 aromatic heterocycles. The number of esters is 1. The summed E-state index contributed by atoms with van der Waals surface area (Å²) in [5.41, 5.74) is 1.55. The maximum Gasteiger partial charge on any atom is 0.314 e. The fourth-order valence-corrected chi connectivity index (χ4v) is 1.55. The number of hydrogen-bond acceptors (Lipinski definition) is 3. The van der Waals surface area contributed by atoms with Gasteiger partial charge < -0.3 is 4.74 Å². The number of carbonyl (C=O) groups excluding carboxylic acids is 2. The summed E-state index contributed by atoms with van der Waals surface area (Å²) in [6.45, 7) is 1.82. The molecule has 0 saturated carbocycles. The summed E-state index contributed by atoms with van der Waals surface area (Å²) in [6.07, 6.45) is 1.44. The molecule has 0 saturated heterocycles. The van der Waals surface area contributed by atoms with Crippen LogP contribution >= 0.6 is 0 Å². The van der Waals surface area contributed by atoms with Gasteiger partial charge in [-0.15, -0.1) is 0 Å². The number of fused-ring (bicyclic) bond motifs is 1. The third-order valence-electron chi connectivity index (χ3n) is 2.36. The van der Waals surface area contributed by atoms with Crippen LogP contribution in [0.1, 0.15) is 22.8 Å². The van der Waals surface area contributed by atoms with Crippen molar-refractivity contribution in [3.63, 3.8) is 0 Å². The van der Waals surface area contributed by atoms with Crippen LogP contribution in [0.2, 0.25) is 0 Å². The molecule has 3 nitrogen and oxygen atoms in total. The number of ether oxygens (including phenoxy) is 1. The molecule has 2 rings (SSSR count). The fraction of sp³-hybridized carbons (Fsp3) is 0.273. The summed E-state index contributed by atoms with van der Waals surface area (Å²) < 4.78 is 5.09. The zero-order valence-electron chi connectivity index (χ0n) is 7.82. The number of aldehydes is 1. The minimum Gasteiger partial charge on any atom is -0.426 e. The first-order chi connectivity index (χ1) is 6.70. The molecule has 0 spiro atoms. The van der Waals surface area contributed by atoms with E-state index in [-0.39, 0.29) is 11.9 Å². The lowest BCUT2D eigenvalue weighted by Gasteiger charge is -2.20. The van der Waals surface area contributed by atoms with E-state index in [4.69, 9.17) is 4.74 Å². The second-order valence-electron chi connectivity index (χ2n) is 3.51. The summed E-state index contributed by atoms with van der Waals surface area (Å²) >= 11 is 0. The van der Waals surface area contributed by atoms with Crippen molar-refractivity contribution in [2.45, 2.75) is 13.3 Å². The SMILES string of the molecule is CC1Cc2cc(C=O)ccc2OC1=O. The van der Waals surface area contributed by atoms with E-state index in [1.54, 1.807) is 18.2 Å². The third kappa shape index (κ3) is 1.41. The van der Waals surface area contributed by atoms with Crippen LogP contribution in [0, 0.1) is 5.92 Å². The zero-order chi connectivity index (χ0) is 10.1. The Morgan fingerprint density at radius 3 is 3.00 bits per heavy atom. The van der Waals surface area contributed by atoms with Crippen LogP contribution in [0.4, 0.5) is 0 Å². The van der Waals surface area contributed by atoms with Gasteiger partial charge in [-0.25, -0.2) is 0 Å². The summed E-state index contributed by atoms with van der Waals surface area (Å²) in [5.74, 6) is 0.263. The molecule has 0 bridgehead atoms. The lowest BCUT2D eigenvalue weighted by atomic mass is 9.96. The van der Waals surface area contributed by atoms with E-state index >= 15 is 0 Å². The predicted octanol–water partition coefficient (Wildman–Crippen LogP) is 1.60. The molecule has 1 heterocycles. The first-order valence-corrected chi connectivity index (χ1v) is 4.50. The van der Waals surface area contributed by atoms with E-state index in [1.807, 2.05) is 6.92 Å². The Morgan fingerprint density at radius 2 is 2.29 bits per heavy atom. The van der Waals surface area contributed by atoms with Crippen LogP contribution in [0.5, 0.6) is 5.75 Å². The van der Waals surface area contributed by atoms with Gasteiger partial charge in [0.2, 0.25) is 0 Å². The number of carbonyl (C=O) groups is 2. The van der Waals surface area contributed by atoms with Gasteiger partial charge in [-0.1, -0.05) is 6.92 Å². The molecule has 1 aromatic carbocycles. The highest BCUT2D eigenvalue weighted by Gasteiger charge is 2.24. The molecule has 1 aromatic rings. The van der Waals surface area contributed by atoms with Crippen molar-refractivity contribution in [1.82, 2.24) is 0 Å². The van der Waals surface area contributed by atoms with Crippen molar-refractivity contribution in [2.75, 3.05) is 0 Å². The Labute approximate surface area is 81.7 Å². The average molecular weight is 190 g/mol. The van der Waals surface area contributed by atoms with Gasteiger partial charge in [0.1, 0.15) is 12.0 Å². The zero-order valence-corrected chi connectivity index (χ0v) is 7.82. The minimum absolute atomic E-state index is 0.121. The van der Waals surface area contributed by atoms with Gasteiger partial charge in [-0.3, -0.25) is 9.59 Å². The smallest absolute Gasteiger partial charge is 0.314 e. The molecule has 1 unspecified atom stereocenters. The predicted molar refractivity (Wildman–Crippen MR) is 50.3 cm³/mol. The van der Waals surface area contributed by atoms with Crippen LogP contribution in [0.15, 0.2) is 18.2 Å². The van der Waals surface area contributed by atoms with Crippen molar-refractivity contribution in [1.29, 1.82) is 0 Å². The van der Waals surface area contributed by atoms with E-state index in [0.29, 0.717) is 17.7 Å². The Kier molecular flexibility index (Phi) is 2.08. The Hall–Kier alpha value is -1.64. The number of hydrogen-bond donors (Lipinski definition) is 0. The quantitative estimate of drug-likeness (QED) is 0.384. The molecule has 0 fully saturated rings. The first kappa shape index (κ1) is 8.94. The van der Waals surface area contributed by atoms with Crippen LogP contribution in [-0.2, 0) is 11.2 Å². The van der Waals surface area contributed by atoms with Gasteiger partial charge in [0, 0.05) is 5.56 Å². The van der Waals surface area contributed by atoms with Gasteiger partial charge in [0.05, 0.1) is 5.92 Å². The van der Waals surface area contributed by atoms with E-state index in [0.717, 1.165) is 11.8 Å². The maximum absolute atomic E-state index is 11.2. The topological polar surface area (TPSA) is 43.4 Å². The second kappa shape index (κ2) is 3.25. The molecule has 0 amide bonds. The van der Waals surface area contributed by atoms with Crippen LogP contribution in [0.3, 0.4) is 0 Å². The molecular formula is C11H10O3. The van der Waals surface area contributed by atoms with Gasteiger partial charge in [-0.2, -0.15) is 0 Å². The van der Waals surface area contributed by atoms with Crippen molar-refractivity contribution in [3.05, 3.63) is 29.3 Å². The van der Waals surface area contributed by atoms with Crippen molar-refractivity contribution in [2.24, 2.45) is 5.92 Å². The molecule has 72 valence electrons. The standard InChI is InChI=1S/C11H10O3/c1-7-4-9-5-8(6-12)2-3-10(9)14-11(7)13/h2-3,5-7H,4H2,1H3. The second-order valence-corrected chi connectivity index (χ2v) is 3.51. The molecule has 1 aliphatic heterocycles. The van der Waals surface area contributed by atoms with E-state index in [2.05, 4.69) is 0 Å². The van der Waals surface area contributed by atoms with E-state index in [9.17, 15) is 9.59 Å². The molecular weight excluding hydrogens is 180 g/mol. The van der Waals surface area contributed by atoms with E-state index in [1.165, 1.54) is 0 Å². The summed E-state index contributed by atoms with van der Waals surface area (Å²) in [5, 5.41) is 0. The molecule has 1 atom stereocenters. The summed E-state index contributed by atoms with van der Waals surface area (Å²) in [7, 11) is 0.